The summed E-state index contributed by atoms with van der Waals surface area (Å²) in [5.41, 5.74) is 1.29. The Kier molecular flexibility index (Phi) is 5.12. The zero-order valence-electron chi connectivity index (χ0n) is 12.3. The van der Waals surface area contributed by atoms with E-state index in [-0.39, 0.29) is 11.5 Å². The number of benzene rings is 2. The number of hydrogen-bond donors (Lipinski definition) is 2. The van der Waals surface area contributed by atoms with E-state index < -0.39 is 11.7 Å². The molecule has 0 atom stereocenters. The molecule has 0 aliphatic heterocycles. The van der Waals surface area contributed by atoms with Gasteiger partial charge in [0.15, 0.2) is 0 Å². The molecule has 1 aromatic heterocycles. The summed E-state index contributed by atoms with van der Waals surface area (Å²) in [7, 11) is 0. The van der Waals surface area contributed by atoms with E-state index in [0.29, 0.717) is 15.9 Å². The monoisotopic (exact) mass is 362 g/mol. The topological polar surface area (TPSA) is 70.7 Å². The van der Waals surface area contributed by atoms with Gasteiger partial charge in [0, 0.05) is 16.3 Å². The number of nitrogens with zero attached hydrogens (tertiary/aromatic N) is 2. The zero-order valence-corrected chi connectivity index (χ0v) is 13.9. The van der Waals surface area contributed by atoms with Crippen LogP contribution in [0.1, 0.15) is 15.9 Å². The van der Waals surface area contributed by atoms with Crippen molar-refractivity contribution in [1.29, 1.82) is 0 Å². The van der Waals surface area contributed by atoms with Gasteiger partial charge in [0.1, 0.15) is 5.82 Å². The van der Waals surface area contributed by atoms with Gasteiger partial charge < -0.3 is 0 Å². The Bertz CT molecular complexity index is 853. The van der Waals surface area contributed by atoms with Gasteiger partial charge in [0.05, 0.1) is 0 Å². The second-order valence-corrected chi connectivity index (χ2v) is 6.23. The minimum Gasteiger partial charge on any atom is -0.291 e. The van der Waals surface area contributed by atoms with Gasteiger partial charge in [-0.2, -0.15) is 4.98 Å². The van der Waals surface area contributed by atoms with Crippen LogP contribution in [0, 0.1) is 5.82 Å². The molecule has 2 N–H and O–H groups in total. The first-order valence-electron chi connectivity index (χ1n) is 6.97. The van der Waals surface area contributed by atoms with Gasteiger partial charge in [-0.25, -0.2) is 9.49 Å². The number of anilines is 1. The molecule has 1 heterocycles. The summed E-state index contributed by atoms with van der Waals surface area (Å²) in [6.07, 6.45) is 0. The third-order valence-electron chi connectivity index (χ3n) is 3.06. The number of halogens is 2. The number of carbonyl (C=O) groups excluding carboxylic acids is 1. The lowest BCUT2D eigenvalue weighted by molar-refractivity contribution is 0.102. The van der Waals surface area contributed by atoms with Crippen LogP contribution in [0.4, 0.5) is 10.3 Å². The number of hydrogen-bond acceptors (Lipinski definition) is 4. The van der Waals surface area contributed by atoms with Crippen molar-refractivity contribution in [3.8, 4) is 0 Å². The van der Waals surface area contributed by atoms with Crippen LogP contribution in [-0.2, 0) is 5.75 Å². The van der Waals surface area contributed by atoms with Crippen LogP contribution in [0.5, 0.6) is 0 Å². The third kappa shape index (κ3) is 4.33. The fourth-order valence-electron chi connectivity index (χ4n) is 1.90. The van der Waals surface area contributed by atoms with Crippen molar-refractivity contribution in [2.75, 3.05) is 5.32 Å². The minimum atomic E-state index is -0.473. The second kappa shape index (κ2) is 7.46. The Morgan fingerprint density at radius 1 is 1.25 bits per heavy atom. The fraction of sp³-hybridized carbons (Fsp3) is 0.0625. The van der Waals surface area contributed by atoms with Crippen molar-refractivity contribution >= 4 is 35.2 Å². The van der Waals surface area contributed by atoms with Gasteiger partial charge in [-0.3, -0.25) is 10.1 Å². The molecule has 0 saturated carbocycles. The summed E-state index contributed by atoms with van der Waals surface area (Å²) < 4.78 is 13.1. The maximum atomic E-state index is 13.1. The van der Waals surface area contributed by atoms with E-state index in [4.69, 9.17) is 11.6 Å². The molecule has 8 heteroatoms. The lowest BCUT2D eigenvalue weighted by Gasteiger charge is -2.01. The number of rotatable bonds is 5. The lowest BCUT2D eigenvalue weighted by Crippen LogP contribution is -2.13. The molecular formula is C16H12ClFN4OS. The molecule has 3 rings (SSSR count). The fourth-order valence-corrected chi connectivity index (χ4v) is 2.79. The SMILES string of the molecule is O=C(Nc1nc(SCc2ccc(Cl)cc2)n[nH]1)c1cccc(F)c1. The maximum Gasteiger partial charge on any atom is 0.258 e. The van der Waals surface area contributed by atoms with Crippen LogP contribution in [0.25, 0.3) is 0 Å². The predicted octanol–water partition coefficient (Wildman–Crippen LogP) is 4.14. The van der Waals surface area contributed by atoms with Crippen LogP contribution in [0.3, 0.4) is 0 Å². The van der Waals surface area contributed by atoms with Gasteiger partial charge in [-0.15, -0.1) is 5.10 Å². The molecule has 24 heavy (non-hydrogen) atoms. The molecule has 3 aromatic rings. The van der Waals surface area contributed by atoms with Crippen molar-refractivity contribution in [2.24, 2.45) is 0 Å². The van der Waals surface area contributed by atoms with E-state index >= 15 is 0 Å². The highest BCUT2D eigenvalue weighted by Crippen LogP contribution is 2.21. The summed E-state index contributed by atoms with van der Waals surface area (Å²) in [5, 5.41) is 10.4. The van der Waals surface area contributed by atoms with Crippen LogP contribution in [-0.4, -0.2) is 21.1 Å². The van der Waals surface area contributed by atoms with Crippen LogP contribution in [0.15, 0.2) is 53.7 Å². The Hall–Kier alpha value is -2.38. The molecule has 0 spiro atoms. The highest BCUT2D eigenvalue weighted by molar-refractivity contribution is 7.98. The van der Waals surface area contributed by atoms with E-state index in [1.165, 1.54) is 30.0 Å². The van der Waals surface area contributed by atoms with Gasteiger partial charge in [-0.05, 0) is 35.9 Å². The Morgan fingerprint density at radius 2 is 2.04 bits per heavy atom. The largest absolute Gasteiger partial charge is 0.291 e. The first kappa shape index (κ1) is 16.5. The minimum absolute atomic E-state index is 0.210. The van der Waals surface area contributed by atoms with Gasteiger partial charge in [0.2, 0.25) is 11.1 Å². The molecule has 1 amide bonds. The summed E-state index contributed by atoms with van der Waals surface area (Å²) in [4.78, 5) is 16.2. The number of carbonyl (C=O) groups is 1. The highest BCUT2D eigenvalue weighted by atomic mass is 35.5. The van der Waals surface area contributed by atoms with Crippen molar-refractivity contribution in [2.45, 2.75) is 10.9 Å². The molecule has 0 aliphatic carbocycles. The standard InChI is InChI=1S/C16H12ClFN4OS/c17-12-6-4-10(5-7-12)9-24-16-20-15(21-22-16)19-14(23)11-2-1-3-13(18)8-11/h1-8H,9H2,(H2,19,20,21,22,23). The van der Waals surface area contributed by atoms with Gasteiger partial charge in [-0.1, -0.05) is 41.6 Å². The number of nitrogens with one attached hydrogen (secondary N) is 2. The van der Waals surface area contributed by atoms with Crippen LogP contribution >= 0.6 is 23.4 Å². The molecule has 0 radical (unpaired) electrons. The second-order valence-electron chi connectivity index (χ2n) is 4.85. The Morgan fingerprint density at radius 3 is 2.79 bits per heavy atom. The lowest BCUT2D eigenvalue weighted by atomic mass is 10.2. The van der Waals surface area contributed by atoms with Crippen LogP contribution in [0.2, 0.25) is 5.02 Å². The van der Waals surface area contributed by atoms with Crippen LogP contribution < -0.4 is 5.32 Å². The molecule has 0 fully saturated rings. The normalized spacial score (nSPS) is 10.6. The number of amides is 1. The average Bonchev–Trinajstić information content (AvgIpc) is 3.02. The molecular weight excluding hydrogens is 351 g/mol. The summed E-state index contributed by atoms with van der Waals surface area (Å²) in [5.74, 6) is -0.0473. The first-order chi connectivity index (χ1) is 11.6. The smallest absolute Gasteiger partial charge is 0.258 e. The van der Waals surface area contributed by atoms with E-state index in [9.17, 15) is 9.18 Å². The van der Waals surface area contributed by atoms with E-state index in [1.807, 2.05) is 24.3 Å². The number of aromatic nitrogens is 3. The van der Waals surface area contributed by atoms with Crippen molar-refractivity contribution in [1.82, 2.24) is 15.2 Å². The summed E-state index contributed by atoms with van der Waals surface area (Å²) in [6.45, 7) is 0. The van der Waals surface area contributed by atoms with Gasteiger partial charge >= 0.3 is 0 Å². The zero-order chi connectivity index (χ0) is 16.9. The molecule has 122 valence electrons. The molecule has 0 bridgehead atoms. The summed E-state index contributed by atoms with van der Waals surface area (Å²) >= 11 is 7.26. The third-order valence-corrected chi connectivity index (χ3v) is 4.24. The molecule has 0 unspecified atom stereocenters. The molecule has 5 nitrogen and oxygen atoms in total. The first-order valence-corrected chi connectivity index (χ1v) is 8.33. The predicted molar refractivity (Wildman–Crippen MR) is 91.7 cm³/mol. The van der Waals surface area contributed by atoms with Crippen molar-refractivity contribution < 1.29 is 9.18 Å². The highest BCUT2D eigenvalue weighted by Gasteiger charge is 2.10. The molecule has 2 aromatic carbocycles. The van der Waals surface area contributed by atoms with Gasteiger partial charge in [0.25, 0.3) is 5.91 Å². The van der Waals surface area contributed by atoms with Crippen molar-refractivity contribution in [3.05, 3.63) is 70.5 Å². The number of H-pyrrole nitrogens is 1. The molecule has 0 saturated heterocycles. The number of thioether (sulfide) groups is 1. The average molecular weight is 363 g/mol. The Balaban J connectivity index is 1.59. The van der Waals surface area contributed by atoms with Crippen molar-refractivity contribution in [3.63, 3.8) is 0 Å². The number of aromatic amines is 1. The quantitative estimate of drug-likeness (QED) is 0.669. The maximum absolute atomic E-state index is 13.1. The van der Waals surface area contributed by atoms with E-state index in [1.54, 1.807) is 0 Å². The summed E-state index contributed by atoms with van der Waals surface area (Å²) in [6, 6.07) is 12.9. The Labute approximate surface area is 146 Å². The van der Waals surface area contributed by atoms with E-state index in [0.717, 1.165) is 11.6 Å². The molecule has 0 aliphatic rings. The van der Waals surface area contributed by atoms with E-state index in [2.05, 4.69) is 20.5 Å².